The van der Waals surface area contributed by atoms with Crippen molar-refractivity contribution in [2.24, 2.45) is 5.92 Å². The van der Waals surface area contributed by atoms with E-state index < -0.39 is 11.6 Å². The minimum absolute atomic E-state index is 0.0262. The molecule has 0 aromatic carbocycles. The van der Waals surface area contributed by atoms with Crippen molar-refractivity contribution in [3.8, 4) is 0 Å². The summed E-state index contributed by atoms with van der Waals surface area (Å²) in [4.78, 5) is 36.8. The van der Waals surface area contributed by atoms with Gasteiger partial charge in [0.2, 0.25) is 5.91 Å². The number of nitrogens with zero attached hydrogens (tertiary/aromatic N) is 1. The Morgan fingerprint density at radius 1 is 1.44 bits per heavy atom. The molecule has 3 heterocycles. The summed E-state index contributed by atoms with van der Waals surface area (Å²) in [6, 6.07) is -0.474. The second kappa shape index (κ2) is 3.94. The number of likely N-dealkylation sites (tertiary alicyclic amines) is 1. The third kappa shape index (κ3) is 1.66. The van der Waals surface area contributed by atoms with E-state index in [4.69, 9.17) is 4.74 Å². The maximum atomic E-state index is 12.2. The van der Waals surface area contributed by atoms with Gasteiger partial charge in [-0.3, -0.25) is 14.9 Å². The van der Waals surface area contributed by atoms with E-state index in [0.717, 1.165) is 6.42 Å². The number of urea groups is 1. The van der Waals surface area contributed by atoms with Crippen molar-refractivity contribution < 1.29 is 19.1 Å². The normalized spacial score (nSPS) is 35.1. The molecule has 3 aliphatic rings. The summed E-state index contributed by atoms with van der Waals surface area (Å²) in [7, 11) is 0. The fourth-order valence-corrected chi connectivity index (χ4v) is 2.80. The summed E-state index contributed by atoms with van der Waals surface area (Å²) in [6.07, 6.45) is 1.21. The van der Waals surface area contributed by atoms with Crippen LogP contribution in [0.15, 0.2) is 0 Å². The number of hydrogen-bond donors (Lipinski definition) is 2. The molecule has 2 N–H and O–H groups in total. The fourth-order valence-electron chi connectivity index (χ4n) is 2.80. The summed E-state index contributed by atoms with van der Waals surface area (Å²) >= 11 is 0. The highest BCUT2D eigenvalue weighted by Crippen LogP contribution is 2.27. The van der Waals surface area contributed by atoms with Crippen LogP contribution in [0.5, 0.6) is 0 Å². The van der Waals surface area contributed by atoms with E-state index >= 15 is 0 Å². The van der Waals surface area contributed by atoms with E-state index in [1.807, 2.05) is 0 Å². The summed E-state index contributed by atoms with van der Waals surface area (Å²) < 4.78 is 5.20. The zero-order valence-electron chi connectivity index (χ0n) is 9.90. The monoisotopic (exact) mass is 253 g/mol. The highest BCUT2D eigenvalue weighted by atomic mass is 16.5. The molecule has 0 aromatic rings. The molecule has 4 amide bonds. The Morgan fingerprint density at radius 2 is 2.28 bits per heavy atom. The Hall–Kier alpha value is -1.63. The fraction of sp³-hybridized carbons (Fsp3) is 0.727. The van der Waals surface area contributed by atoms with Gasteiger partial charge in [0.1, 0.15) is 5.54 Å². The van der Waals surface area contributed by atoms with Gasteiger partial charge in [-0.05, 0) is 12.8 Å². The van der Waals surface area contributed by atoms with E-state index in [1.165, 1.54) is 0 Å². The first kappa shape index (κ1) is 11.5. The minimum Gasteiger partial charge on any atom is -0.381 e. The molecule has 0 aromatic heterocycles. The van der Waals surface area contributed by atoms with Crippen LogP contribution in [0, 0.1) is 5.92 Å². The number of amides is 4. The average molecular weight is 253 g/mol. The lowest BCUT2D eigenvalue weighted by molar-refractivity contribution is -0.134. The maximum Gasteiger partial charge on any atom is 0.322 e. The molecule has 0 bridgehead atoms. The van der Waals surface area contributed by atoms with Crippen LogP contribution in [0.1, 0.15) is 12.8 Å². The predicted octanol–water partition coefficient (Wildman–Crippen LogP) is -1.17. The number of carbonyl (C=O) groups excluding carboxylic acids is 3. The van der Waals surface area contributed by atoms with Crippen LogP contribution in [0.2, 0.25) is 0 Å². The van der Waals surface area contributed by atoms with Crippen molar-refractivity contribution in [1.29, 1.82) is 0 Å². The molecule has 3 fully saturated rings. The smallest absolute Gasteiger partial charge is 0.322 e. The molecule has 3 aliphatic heterocycles. The molecule has 3 saturated heterocycles. The Bertz CT molecular complexity index is 419. The molecule has 0 radical (unpaired) electrons. The Kier molecular flexibility index (Phi) is 2.51. The van der Waals surface area contributed by atoms with Gasteiger partial charge in [-0.25, -0.2) is 4.79 Å². The molecule has 7 nitrogen and oxygen atoms in total. The van der Waals surface area contributed by atoms with Crippen molar-refractivity contribution in [2.75, 3.05) is 26.3 Å². The van der Waals surface area contributed by atoms with E-state index in [-0.39, 0.29) is 24.3 Å². The molecule has 1 spiro atoms. The van der Waals surface area contributed by atoms with Crippen LogP contribution in [-0.4, -0.2) is 54.6 Å². The van der Waals surface area contributed by atoms with Gasteiger partial charge in [0, 0.05) is 13.2 Å². The molecule has 2 unspecified atom stereocenters. The third-order valence-corrected chi connectivity index (χ3v) is 3.87. The molecule has 18 heavy (non-hydrogen) atoms. The number of ether oxygens (including phenoxy) is 1. The Morgan fingerprint density at radius 3 is 2.89 bits per heavy atom. The molecule has 2 atom stereocenters. The van der Waals surface area contributed by atoms with E-state index in [9.17, 15) is 14.4 Å². The van der Waals surface area contributed by atoms with Crippen molar-refractivity contribution in [1.82, 2.24) is 15.5 Å². The number of nitrogens with one attached hydrogen (secondary N) is 2. The van der Waals surface area contributed by atoms with Crippen LogP contribution in [0.25, 0.3) is 0 Å². The lowest BCUT2D eigenvalue weighted by Gasteiger charge is -2.22. The summed E-state index contributed by atoms with van der Waals surface area (Å²) in [5.74, 6) is -0.399. The van der Waals surface area contributed by atoms with Gasteiger partial charge in [0.05, 0.1) is 19.1 Å². The molecule has 3 rings (SSSR count). The second-order valence-electron chi connectivity index (χ2n) is 5.06. The standard InChI is InChI=1S/C11H15N3O4/c15-8(7-1-4-18-5-7)14-3-2-11(6-14)9(16)12-10(17)13-11/h7H,1-6H2,(H2,12,13,16,17). The van der Waals surface area contributed by atoms with E-state index in [0.29, 0.717) is 26.2 Å². The van der Waals surface area contributed by atoms with Gasteiger partial charge in [0.25, 0.3) is 5.91 Å². The number of rotatable bonds is 1. The SMILES string of the molecule is O=C1NC(=O)C2(CCN(C(=O)C3CCOC3)C2)N1. The van der Waals surface area contributed by atoms with Gasteiger partial charge in [-0.1, -0.05) is 0 Å². The molecule has 0 aliphatic carbocycles. The number of imide groups is 1. The summed E-state index contributed by atoms with van der Waals surface area (Å²) in [5.41, 5.74) is -0.911. The van der Waals surface area contributed by atoms with Crippen molar-refractivity contribution in [2.45, 2.75) is 18.4 Å². The zero-order chi connectivity index (χ0) is 12.8. The van der Waals surface area contributed by atoms with Crippen LogP contribution < -0.4 is 10.6 Å². The van der Waals surface area contributed by atoms with Crippen LogP contribution in [0.4, 0.5) is 4.79 Å². The molecular weight excluding hydrogens is 238 g/mol. The predicted molar refractivity (Wildman–Crippen MR) is 59.5 cm³/mol. The summed E-state index contributed by atoms with van der Waals surface area (Å²) in [6.45, 7) is 1.84. The van der Waals surface area contributed by atoms with Crippen molar-refractivity contribution >= 4 is 17.8 Å². The van der Waals surface area contributed by atoms with E-state index in [1.54, 1.807) is 4.90 Å². The quantitative estimate of drug-likeness (QED) is 0.577. The van der Waals surface area contributed by atoms with Gasteiger partial charge in [0.15, 0.2) is 0 Å². The molecule has 0 saturated carbocycles. The molecule has 98 valence electrons. The highest BCUT2D eigenvalue weighted by Gasteiger charge is 2.52. The average Bonchev–Trinajstić information content (AvgIpc) is 3.01. The molecular formula is C11H15N3O4. The topological polar surface area (TPSA) is 87.7 Å². The lowest BCUT2D eigenvalue weighted by Crippen LogP contribution is -2.50. The van der Waals surface area contributed by atoms with Gasteiger partial charge >= 0.3 is 6.03 Å². The third-order valence-electron chi connectivity index (χ3n) is 3.87. The number of carbonyl (C=O) groups is 3. The second-order valence-corrected chi connectivity index (χ2v) is 5.06. The molecule has 7 heteroatoms. The zero-order valence-corrected chi connectivity index (χ0v) is 9.90. The van der Waals surface area contributed by atoms with Crippen molar-refractivity contribution in [3.63, 3.8) is 0 Å². The van der Waals surface area contributed by atoms with Crippen LogP contribution >= 0.6 is 0 Å². The van der Waals surface area contributed by atoms with E-state index in [2.05, 4.69) is 10.6 Å². The van der Waals surface area contributed by atoms with Gasteiger partial charge < -0.3 is 15.0 Å². The van der Waals surface area contributed by atoms with Crippen LogP contribution in [-0.2, 0) is 14.3 Å². The highest BCUT2D eigenvalue weighted by molar-refractivity contribution is 6.07. The van der Waals surface area contributed by atoms with Crippen LogP contribution in [0.3, 0.4) is 0 Å². The first-order valence-electron chi connectivity index (χ1n) is 6.11. The number of hydrogen-bond acceptors (Lipinski definition) is 4. The first-order chi connectivity index (χ1) is 8.61. The Labute approximate surface area is 104 Å². The first-order valence-corrected chi connectivity index (χ1v) is 6.11. The van der Waals surface area contributed by atoms with Crippen molar-refractivity contribution in [3.05, 3.63) is 0 Å². The largest absolute Gasteiger partial charge is 0.381 e. The Balaban J connectivity index is 1.69. The van der Waals surface area contributed by atoms with Gasteiger partial charge in [-0.2, -0.15) is 0 Å². The van der Waals surface area contributed by atoms with Gasteiger partial charge in [-0.15, -0.1) is 0 Å². The maximum absolute atomic E-state index is 12.2. The summed E-state index contributed by atoms with van der Waals surface area (Å²) in [5, 5.41) is 4.86. The lowest BCUT2D eigenvalue weighted by atomic mass is 9.99. The minimum atomic E-state index is -0.911.